The number of nitrogens with one attached hydrogen (secondary N) is 2. The Kier molecular flexibility index (Phi) is 9.44. The molecule has 0 atom stereocenters. The van der Waals surface area contributed by atoms with Gasteiger partial charge in [0.1, 0.15) is 6.54 Å². The molecule has 8 nitrogen and oxygen atoms in total. The Morgan fingerprint density at radius 1 is 0.854 bits per heavy atom. The smallest absolute Gasteiger partial charge is 0.264 e. The number of amides is 2. The standard InChI is InChI=1S/C30H26Cl2N4O4S/c1-20-27(32)15-8-16-28(20)36(41(39,40)26-13-4-3-5-14-26)19-29(37)35-34-21(2)22-9-7-12-25(18-22)33-30(38)23-10-6-11-24(31)17-23/h3-18H,19H2,1-2H3,(H,33,38)(H,35,37)/b34-21-. The molecular weight excluding hydrogens is 583 g/mol. The normalized spacial score (nSPS) is 11.6. The summed E-state index contributed by atoms with van der Waals surface area (Å²) in [5, 5.41) is 7.79. The summed E-state index contributed by atoms with van der Waals surface area (Å²) in [6.07, 6.45) is 0. The predicted molar refractivity (Wildman–Crippen MR) is 163 cm³/mol. The van der Waals surface area contributed by atoms with Gasteiger partial charge in [-0.3, -0.25) is 13.9 Å². The van der Waals surface area contributed by atoms with Gasteiger partial charge < -0.3 is 5.32 Å². The fourth-order valence-corrected chi connectivity index (χ4v) is 5.78. The molecule has 0 aliphatic carbocycles. The molecule has 0 saturated heterocycles. The lowest BCUT2D eigenvalue weighted by molar-refractivity contribution is -0.119. The van der Waals surface area contributed by atoms with Gasteiger partial charge in [-0.05, 0) is 79.6 Å². The van der Waals surface area contributed by atoms with Crippen LogP contribution in [0.2, 0.25) is 10.0 Å². The van der Waals surface area contributed by atoms with Crippen LogP contribution < -0.4 is 15.0 Å². The van der Waals surface area contributed by atoms with Crippen molar-refractivity contribution in [3.63, 3.8) is 0 Å². The first-order valence-electron chi connectivity index (χ1n) is 12.4. The SMILES string of the molecule is C/C(=N/NC(=O)CN(c1cccc(Cl)c1C)S(=O)(=O)c1ccccc1)c1cccc(NC(=O)c2cccc(Cl)c2)c1. The summed E-state index contributed by atoms with van der Waals surface area (Å²) >= 11 is 12.3. The van der Waals surface area contributed by atoms with E-state index in [1.807, 2.05) is 0 Å². The van der Waals surface area contributed by atoms with Crippen molar-refractivity contribution in [1.29, 1.82) is 0 Å². The molecule has 11 heteroatoms. The average molecular weight is 610 g/mol. The van der Waals surface area contributed by atoms with E-state index in [0.29, 0.717) is 38.1 Å². The molecule has 0 aliphatic rings. The molecule has 0 aliphatic heterocycles. The first kappa shape index (κ1) is 29.8. The number of sulfonamides is 1. The van der Waals surface area contributed by atoms with Crippen LogP contribution in [0, 0.1) is 6.92 Å². The van der Waals surface area contributed by atoms with Crippen molar-refractivity contribution in [2.75, 3.05) is 16.2 Å². The maximum Gasteiger partial charge on any atom is 0.264 e. The van der Waals surface area contributed by atoms with E-state index in [1.54, 1.807) is 98.8 Å². The van der Waals surface area contributed by atoms with Crippen LogP contribution in [0.25, 0.3) is 0 Å². The van der Waals surface area contributed by atoms with Gasteiger partial charge in [-0.15, -0.1) is 0 Å². The fourth-order valence-electron chi connectivity index (χ4n) is 3.92. The zero-order valence-electron chi connectivity index (χ0n) is 22.1. The van der Waals surface area contributed by atoms with Gasteiger partial charge in [0.2, 0.25) is 0 Å². The van der Waals surface area contributed by atoms with Crippen LogP contribution in [0.3, 0.4) is 0 Å². The first-order valence-corrected chi connectivity index (χ1v) is 14.6. The summed E-state index contributed by atoms with van der Waals surface area (Å²) in [4.78, 5) is 25.6. The highest BCUT2D eigenvalue weighted by atomic mass is 35.5. The van der Waals surface area contributed by atoms with Gasteiger partial charge in [-0.1, -0.05) is 65.7 Å². The second-order valence-electron chi connectivity index (χ2n) is 8.99. The molecule has 0 spiro atoms. The molecule has 0 radical (unpaired) electrons. The molecule has 0 fully saturated rings. The minimum absolute atomic E-state index is 0.0310. The van der Waals surface area contributed by atoms with Gasteiger partial charge in [0.25, 0.3) is 21.8 Å². The minimum Gasteiger partial charge on any atom is -0.322 e. The molecule has 4 aromatic rings. The van der Waals surface area contributed by atoms with E-state index in [1.165, 1.54) is 12.1 Å². The Labute approximate surface area is 248 Å². The van der Waals surface area contributed by atoms with E-state index in [2.05, 4.69) is 15.8 Å². The molecule has 2 N–H and O–H groups in total. The van der Waals surface area contributed by atoms with Crippen molar-refractivity contribution in [2.24, 2.45) is 5.10 Å². The number of carbonyl (C=O) groups is 2. The van der Waals surface area contributed by atoms with Gasteiger partial charge in [0.15, 0.2) is 0 Å². The van der Waals surface area contributed by atoms with Crippen molar-refractivity contribution >= 4 is 62.1 Å². The van der Waals surface area contributed by atoms with Crippen LogP contribution in [-0.2, 0) is 14.8 Å². The quantitative estimate of drug-likeness (QED) is 0.172. The third-order valence-corrected chi connectivity index (χ3v) is 8.52. The number of halogens is 2. The van der Waals surface area contributed by atoms with Crippen molar-refractivity contribution < 1.29 is 18.0 Å². The number of benzene rings is 4. The molecule has 0 aromatic heterocycles. The number of anilines is 2. The Morgan fingerprint density at radius 3 is 2.27 bits per heavy atom. The van der Waals surface area contributed by atoms with E-state index >= 15 is 0 Å². The largest absolute Gasteiger partial charge is 0.322 e. The summed E-state index contributed by atoms with van der Waals surface area (Å²) < 4.78 is 28.1. The minimum atomic E-state index is -4.11. The molecule has 0 heterocycles. The molecule has 210 valence electrons. The maximum absolute atomic E-state index is 13.6. The molecule has 41 heavy (non-hydrogen) atoms. The summed E-state index contributed by atoms with van der Waals surface area (Å²) in [5.41, 5.74) is 5.23. The van der Waals surface area contributed by atoms with Crippen LogP contribution >= 0.6 is 23.2 Å². The van der Waals surface area contributed by atoms with E-state index in [0.717, 1.165) is 4.31 Å². The molecule has 2 amide bonds. The Hall–Kier alpha value is -4.18. The number of nitrogens with zero attached hydrogens (tertiary/aromatic N) is 2. The molecule has 4 aromatic carbocycles. The molecule has 4 rings (SSSR count). The van der Waals surface area contributed by atoms with Crippen LogP contribution in [-0.4, -0.2) is 32.5 Å². The topological polar surface area (TPSA) is 108 Å². The lowest BCUT2D eigenvalue weighted by Crippen LogP contribution is -2.40. The van der Waals surface area contributed by atoms with Crippen LogP contribution in [0.1, 0.15) is 28.4 Å². The van der Waals surface area contributed by atoms with E-state index < -0.39 is 22.5 Å². The summed E-state index contributed by atoms with van der Waals surface area (Å²) in [6, 6.07) is 26.2. The number of hydrogen-bond acceptors (Lipinski definition) is 5. The summed E-state index contributed by atoms with van der Waals surface area (Å²) in [7, 11) is -4.11. The second-order valence-corrected chi connectivity index (χ2v) is 11.7. The lowest BCUT2D eigenvalue weighted by atomic mass is 10.1. The van der Waals surface area contributed by atoms with Crippen LogP contribution in [0.4, 0.5) is 11.4 Å². The second kappa shape index (κ2) is 13.0. The summed E-state index contributed by atoms with van der Waals surface area (Å²) in [5.74, 6) is -0.989. The van der Waals surface area contributed by atoms with Gasteiger partial charge in [0, 0.05) is 21.3 Å². The van der Waals surface area contributed by atoms with Crippen LogP contribution in [0.15, 0.2) is 107 Å². The predicted octanol–water partition coefficient (Wildman–Crippen LogP) is 6.29. The van der Waals surface area contributed by atoms with Gasteiger partial charge in [-0.2, -0.15) is 5.10 Å². The molecule has 0 unspecified atom stereocenters. The zero-order chi connectivity index (χ0) is 29.6. The Balaban J connectivity index is 1.52. The third-order valence-electron chi connectivity index (χ3n) is 6.10. The summed E-state index contributed by atoms with van der Waals surface area (Å²) in [6.45, 7) is 2.83. The van der Waals surface area contributed by atoms with Gasteiger partial charge in [-0.25, -0.2) is 13.8 Å². The van der Waals surface area contributed by atoms with Crippen molar-refractivity contribution in [3.8, 4) is 0 Å². The van der Waals surface area contributed by atoms with Gasteiger partial charge in [0.05, 0.1) is 16.3 Å². The average Bonchev–Trinajstić information content (AvgIpc) is 2.97. The number of carbonyl (C=O) groups excluding carboxylic acids is 2. The Morgan fingerprint density at radius 2 is 1.54 bits per heavy atom. The van der Waals surface area contributed by atoms with E-state index in [-0.39, 0.29) is 16.5 Å². The highest BCUT2D eigenvalue weighted by Crippen LogP contribution is 2.30. The number of rotatable bonds is 9. The number of hydrogen-bond donors (Lipinski definition) is 2. The molecule has 0 bridgehead atoms. The van der Waals surface area contributed by atoms with Crippen molar-refractivity contribution in [1.82, 2.24) is 5.43 Å². The third kappa shape index (κ3) is 7.32. The monoisotopic (exact) mass is 608 g/mol. The van der Waals surface area contributed by atoms with Crippen molar-refractivity contribution in [2.45, 2.75) is 18.7 Å². The van der Waals surface area contributed by atoms with Crippen molar-refractivity contribution in [3.05, 3.63) is 124 Å². The zero-order valence-corrected chi connectivity index (χ0v) is 24.5. The van der Waals surface area contributed by atoms with E-state index in [9.17, 15) is 18.0 Å². The molecular formula is C30H26Cl2N4O4S. The Bertz CT molecular complexity index is 1730. The highest BCUT2D eigenvalue weighted by molar-refractivity contribution is 7.92. The lowest BCUT2D eigenvalue weighted by Gasteiger charge is -2.25. The first-order chi connectivity index (χ1) is 19.6. The highest BCUT2D eigenvalue weighted by Gasteiger charge is 2.28. The number of hydrazone groups is 1. The van der Waals surface area contributed by atoms with Gasteiger partial charge >= 0.3 is 0 Å². The molecule has 0 saturated carbocycles. The fraction of sp³-hybridized carbons (Fsp3) is 0.100. The maximum atomic E-state index is 13.6. The van der Waals surface area contributed by atoms with E-state index in [4.69, 9.17) is 23.2 Å². The van der Waals surface area contributed by atoms with Crippen LogP contribution in [0.5, 0.6) is 0 Å².